The van der Waals surface area contributed by atoms with Gasteiger partial charge in [0.1, 0.15) is 17.7 Å². The lowest BCUT2D eigenvalue weighted by atomic mass is 10.1. The minimum absolute atomic E-state index is 0.539. The zero-order valence-electron chi connectivity index (χ0n) is 13.6. The number of hydrogen-bond donors (Lipinski definition) is 0. The second kappa shape index (κ2) is 10.6. The van der Waals surface area contributed by atoms with Gasteiger partial charge in [0.25, 0.3) is 0 Å². The van der Waals surface area contributed by atoms with Crippen LogP contribution in [-0.4, -0.2) is 20.4 Å². The minimum atomic E-state index is -1.24. The van der Waals surface area contributed by atoms with Gasteiger partial charge in [-0.1, -0.05) is 43.2 Å². The van der Waals surface area contributed by atoms with Crippen molar-refractivity contribution in [3.05, 3.63) is 23.8 Å². The quantitative estimate of drug-likeness (QED) is 0.406. The fourth-order valence-electron chi connectivity index (χ4n) is 2.41. The van der Waals surface area contributed by atoms with Gasteiger partial charge in [0.05, 0.1) is 19.8 Å². The highest BCUT2D eigenvalue weighted by atomic mass is 31.1. The van der Waals surface area contributed by atoms with Crippen LogP contribution < -0.4 is 9.47 Å². The van der Waals surface area contributed by atoms with E-state index in [1.807, 2.05) is 18.2 Å². The molecule has 0 aromatic heterocycles. The third-order valence-corrected chi connectivity index (χ3v) is 5.11. The van der Waals surface area contributed by atoms with E-state index in [9.17, 15) is 4.57 Å². The standard InChI is InChI=1S/C17H28O3P/c1-4-5-6-7-8-9-13-21(18)14-15-16(19-2)11-10-12-17(15)20-3/h10-12H,4-9,13-14H2,1-3H3/q+1. The van der Waals surface area contributed by atoms with Gasteiger partial charge in [-0.25, -0.2) is 0 Å². The lowest BCUT2D eigenvalue weighted by Crippen LogP contribution is -1.96. The maximum absolute atomic E-state index is 12.3. The summed E-state index contributed by atoms with van der Waals surface area (Å²) in [5, 5.41) is 0. The summed E-state index contributed by atoms with van der Waals surface area (Å²) in [7, 11) is 2.04. The summed E-state index contributed by atoms with van der Waals surface area (Å²) >= 11 is 0. The van der Waals surface area contributed by atoms with Gasteiger partial charge in [0.15, 0.2) is 6.16 Å². The topological polar surface area (TPSA) is 35.5 Å². The number of rotatable bonds is 11. The first-order valence-electron chi connectivity index (χ1n) is 7.84. The predicted octanol–water partition coefficient (Wildman–Crippen LogP) is 5.39. The minimum Gasteiger partial charge on any atom is -0.496 e. The summed E-state index contributed by atoms with van der Waals surface area (Å²) < 4.78 is 23.0. The summed E-state index contributed by atoms with van der Waals surface area (Å²) in [6.07, 6.45) is 8.70. The van der Waals surface area contributed by atoms with E-state index < -0.39 is 7.80 Å². The second-order valence-corrected chi connectivity index (χ2v) is 7.00. The van der Waals surface area contributed by atoms with Gasteiger partial charge < -0.3 is 9.47 Å². The molecule has 0 aliphatic heterocycles. The fourth-order valence-corrected chi connectivity index (χ4v) is 3.81. The summed E-state index contributed by atoms with van der Waals surface area (Å²) in [4.78, 5) is 0. The van der Waals surface area contributed by atoms with E-state index >= 15 is 0 Å². The molecule has 118 valence electrons. The van der Waals surface area contributed by atoms with E-state index in [2.05, 4.69) is 6.92 Å². The van der Waals surface area contributed by atoms with Crippen molar-refractivity contribution in [2.75, 3.05) is 20.4 Å². The highest BCUT2D eigenvalue weighted by Gasteiger charge is 2.21. The molecule has 0 amide bonds. The Balaban J connectivity index is 2.44. The monoisotopic (exact) mass is 311 g/mol. The highest BCUT2D eigenvalue weighted by molar-refractivity contribution is 7.43. The number of ether oxygens (including phenoxy) is 2. The number of unbranched alkanes of at least 4 members (excludes halogenated alkanes) is 5. The first kappa shape index (κ1) is 18.0. The van der Waals surface area contributed by atoms with Crippen molar-refractivity contribution < 1.29 is 14.0 Å². The van der Waals surface area contributed by atoms with Crippen LogP contribution in [0.3, 0.4) is 0 Å². The summed E-state index contributed by atoms with van der Waals surface area (Å²) in [5.41, 5.74) is 0.926. The van der Waals surface area contributed by atoms with Crippen LogP contribution in [0.4, 0.5) is 0 Å². The third-order valence-electron chi connectivity index (χ3n) is 3.63. The van der Waals surface area contributed by atoms with Crippen LogP contribution in [0.2, 0.25) is 0 Å². The Morgan fingerprint density at radius 2 is 1.52 bits per heavy atom. The van der Waals surface area contributed by atoms with E-state index in [-0.39, 0.29) is 0 Å². The maximum Gasteiger partial charge on any atom is 0.343 e. The first-order valence-corrected chi connectivity index (χ1v) is 9.47. The normalized spacial score (nSPS) is 11.3. The average Bonchev–Trinajstić information content (AvgIpc) is 2.51. The smallest absolute Gasteiger partial charge is 0.343 e. The van der Waals surface area contributed by atoms with Gasteiger partial charge in [-0.15, -0.1) is 0 Å². The molecular formula is C17H28O3P+. The molecule has 0 N–H and O–H groups in total. The lowest BCUT2D eigenvalue weighted by molar-refractivity contribution is 0.387. The molecule has 21 heavy (non-hydrogen) atoms. The maximum atomic E-state index is 12.3. The van der Waals surface area contributed by atoms with Crippen LogP contribution in [0.25, 0.3) is 0 Å². The van der Waals surface area contributed by atoms with E-state index in [0.717, 1.165) is 29.6 Å². The van der Waals surface area contributed by atoms with Crippen molar-refractivity contribution in [2.45, 2.75) is 51.6 Å². The Morgan fingerprint density at radius 3 is 2.10 bits per heavy atom. The van der Waals surface area contributed by atoms with E-state index in [4.69, 9.17) is 9.47 Å². The van der Waals surface area contributed by atoms with E-state index in [1.54, 1.807) is 14.2 Å². The lowest BCUT2D eigenvalue weighted by Gasteiger charge is -2.09. The van der Waals surface area contributed by atoms with E-state index in [1.165, 1.54) is 32.1 Å². The Kier molecular flexibility index (Phi) is 9.09. The predicted molar refractivity (Wildman–Crippen MR) is 89.1 cm³/mol. The number of methoxy groups -OCH3 is 2. The third kappa shape index (κ3) is 6.48. The van der Waals surface area contributed by atoms with E-state index in [0.29, 0.717) is 6.16 Å². The first-order chi connectivity index (χ1) is 10.2. The van der Waals surface area contributed by atoms with Crippen molar-refractivity contribution in [3.8, 4) is 11.5 Å². The number of hydrogen-bond acceptors (Lipinski definition) is 3. The van der Waals surface area contributed by atoms with Gasteiger partial charge in [-0.05, 0) is 25.0 Å². The van der Waals surface area contributed by atoms with Crippen LogP contribution >= 0.6 is 7.80 Å². The highest BCUT2D eigenvalue weighted by Crippen LogP contribution is 2.37. The van der Waals surface area contributed by atoms with Crippen molar-refractivity contribution >= 4 is 7.80 Å². The fraction of sp³-hybridized carbons (Fsp3) is 0.647. The average molecular weight is 311 g/mol. The summed E-state index contributed by atoms with van der Waals surface area (Å²) in [6, 6.07) is 5.68. The Hall–Kier alpha value is -1.08. The molecule has 0 aliphatic rings. The molecule has 1 aromatic carbocycles. The molecule has 1 aromatic rings. The summed E-state index contributed by atoms with van der Waals surface area (Å²) in [5.74, 6) is 1.53. The molecule has 0 saturated heterocycles. The SMILES string of the molecule is CCCCCCCC[P+](=O)Cc1c(OC)cccc1OC. The van der Waals surface area contributed by atoms with Gasteiger partial charge >= 0.3 is 7.80 Å². The van der Waals surface area contributed by atoms with Crippen molar-refractivity contribution in [3.63, 3.8) is 0 Å². The van der Waals surface area contributed by atoms with Crippen LogP contribution in [0, 0.1) is 0 Å². The molecule has 3 nitrogen and oxygen atoms in total. The van der Waals surface area contributed by atoms with Gasteiger partial charge in [-0.2, -0.15) is 0 Å². The Labute approximate surface area is 129 Å². The summed E-state index contributed by atoms with van der Waals surface area (Å²) in [6.45, 7) is 2.22. The molecule has 0 fully saturated rings. The zero-order chi connectivity index (χ0) is 15.5. The molecule has 0 spiro atoms. The molecular weight excluding hydrogens is 283 g/mol. The molecule has 1 unspecified atom stereocenters. The zero-order valence-corrected chi connectivity index (χ0v) is 14.5. The van der Waals surface area contributed by atoms with Crippen molar-refractivity contribution in [2.24, 2.45) is 0 Å². The van der Waals surface area contributed by atoms with Crippen LogP contribution in [0.1, 0.15) is 51.0 Å². The molecule has 0 saturated carbocycles. The Bertz CT molecular complexity index is 410. The Morgan fingerprint density at radius 1 is 0.952 bits per heavy atom. The largest absolute Gasteiger partial charge is 0.496 e. The molecule has 0 heterocycles. The second-order valence-electron chi connectivity index (χ2n) is 5.27. The van der Waals surface area contributed by atoms with Crippen molar-refractivity contribution in [1.82, 2.24) is 0 Å². The van der Waals surface area contributed by atoms with Gasteiger partial charge in [0, 0.05) is 0 Å². The van der Waals surface area contributed by atoms with Crippen LogP contribution in [0.5, 0.6) is 11.5 Å². The molecule has 1 rings (SSSR count). The van der Waals surface area contributed by atoms with Gasteiger partial charge in [0.2, 0.25) is 0 Å². The van der Waals surface area contributed by atoms with Gasteiger partial charge in [-0.3, -0.25) is 0 Å². The molecule has 4 heteroatoms. The molecule has 1 atom stereocenters. The van der Waals surface area contributed by atoms with Crippen LogP contribution in [0.15, 0.2) is 18.2 Å². The molecule has 0 aliphatic carbocycles. The molecule has 0 bridgehead atoms. The van der Waals surface area contributed by atoms with Crippen LogP contribution in [-0.2, 0) is 10.7 Å². The molecule has 0 radical (unpaired) electrons. The van der Waals surface area contributed by atoms with Crippen molar-refractivity contribution in [1.29, 1.82) is 0 Å². The number of benzene rings is 1.